The number of nitrogens with two attached hydrogens (primary N) is 1. The van der Waals surface area contributed by atoms with E-state index in [1.54, 1.807) is 18.7 Å². The molecule has 0 spiro atoms. The zero-order valence-electron chi connectivity index (χ0n) is 13.3. The first-order valence-corrected chi connectivity index (χ1v) is 8.71. The summed E-state index contributed by atoms with van der Waals surface area (Å²) in [5, 5.41) is 4.68. The summed E-state index contributed by atoms with van der Waals surface area (Å²) >= 11 is 0. The van der Waals surface area contributed by atoms with Crippen molar-refractivity contribution in [3.8, 4) is 0 Å². The summed E-state index contributed by atoms with van der Waals surface area (Å²) in [5.74, 6) is 2.61. The maximum absolute atomic E-state index is 6.70. The third kappa shape index (κ3) is 2.21. The normalized spacial score (nSPS) is 38.1. The molecule has 0 aromatic carbocycles. The quantitative estimate of drug-likeness (QED) is 0.911. The zero-order chi connectivity index (χ0) is 15.5. The highest BCUT2D eigenvalue weighted by molar-refractivity contribution is 5.87. The van der Waals surface area contributed by atoms with Crippen molar-refractivity contribution >= 4 is 16.7 Å². The molecule has 0 aliphatic heterocycles. The predicted molar refractivity (Wildman–Crippen MR) is 89.9 cm³/mol. The third-order valence-corrected chi connectivity index (χ3v) is 6.30. The van der Waals surface area contributed by atoms with Gasteiger partial charge in [0.1, 0.15) is 12.1 Å². The molecule has 2 heterocycles. The second-order valence-electron chi connectivity index (χ2n) is 8.29. The minimum Gasteiger partial charge on any atom is -0.369 e. The lowest BCUT2D eigenvalue weighted by atomic mass is 9.47. The average molecular weight is 309 g/mol. The lowest BCUT2D eigenvalue weighted by molar-refractivity contribution is -0.0593. The molecule has 4 fully saturated rings. The molecule has 5 nitrogen and oxygen atoms in total. The minimum absolute atomic E-state index is 0.101. The van der Waals surface area contributed by atoms with Crippen LogP contribution in [-0.4, -0.2) is 27.0 Å². The van der Waals surface area contributed by atoms with Gasteiger partial charge in [0.25, 0.3) is 0 Å². The average Bonchev–Trinajstić information content (AvgIpc) is 2.50. The van der Waals surface area contributed by atoms with Crippen LogP contribution in [0.1, 0.15) is 38.5 Å². The Morgan fingerprint density at radius 3 is 2.78 bits per heavy atom. The van der Waals surface area contributed by atoms with Crippen LogP contribution in [0.15, 0.2) is 24.8 Å². The number of anilines is 1. The number of aromatic nitrogens is 3. The van der Waals surface area contributed by atoms with Gasteiger partial charge in [-0.25, -0.2) is 9.97 Å². The van der Waals surface area contributed by atoms with E-state index in [2.05, 4.69) is 20.3 Å². The van der Waals surface area contributed by atoms with Crippen LogP contribution >= 0.6 is 0 Å². The molecule has 0 saturated heterocycles. The second-order valence-corrected chi connectivity index (χ2v) is 8.29. The number of pyridine rings is 1. The monoisotopic (exact) mass is 309 g/mol. The van der Waals surface area contributed by atoms with Gasteiger partial charge in [0.15, 0.2) is 0 Å². The minimum atomic E-state index is 0.101. The molecule has 4 saturated carbocycles. The van der Waals surface area contributed by atoms with E-state index in [1.165, 1.54) is 38.5 Å². The summed E-state index contributed by atoms with van der Waals surface area (Å²) < 4.78 is 0. The standard InChI is InChI=1S/C18H23N5/c19-18-6-12-3-13(7-18)5-17(4-12,9-18)10-21-16-14-1-2-20-8-15(14)22-11-23-16/h1-2,8,11-13H,3-7,9-10,19H2,(H,21,22,23). The molecular weight excluding hydrogens is 286 g/mol. The first-order chi connectivity index (χ1) is 11.1. The van der Waals surface area contributed by atoms with Gasteiger partial charge in [-0.05, 0) is 61.8 Å². The molecule has 2 aromatic rings. The van der Waals surface area contributed by atoms with Crippen LogP contribution in [0.2, 0.25) is 0 Å². The fourth-order valence-electron chi connectivity index (χ4n) is 6.05. The molecule has 2 aromatic heterocycles. The fraction of sp³-hybridized carbons (Fsp3) is 0.611. The van der Waals surface area contributed by atoms with Gasteiger partial charge in [-0.2, -0.15) is 0 Å². The Balaban J connectivity index is 1.42. The lowest BCUT2D eigenvalue weighted by Gasteiger charge is -2.61. The largest absolute Gasteiger partial charge is 0.369 e. The van der Waals surface area contributed by atoms with Gasteiger partial charge in [-0.3, -0.25) is 4.98 Å². The highest BCUT2D eigenvalue weighted by atomic mass is 15.0. The molecule has 3 N–H and O–H groups in total. The van der Waals surface area contributed by atoms with E-state index >= 15 is 0 Å². The fourth-order valence-corrected chi connectivity index (χ4v) is 6.05. The molecule has 4 aliphatic rings. The Morgan fingerprint density at radius 1 is 1.17 bits per heavy atom. The van der Waals surface area contributed by atoms with Gasteiger partial charge >= 0.3 is 0 Å². The number of hydrogen-bond donors (Lipinski definition) is 2. The Kier molecular flexibility index (Phi) is 2.75. The van der Waals surface area contributed by atoms with Gasteiger partial charge in [0.05, 0.1) is 11.7 Å². The number of rotatable bonds is 3. The van der Waals surface area contributed by atoms with Crippen molar-refractivity contribution in [2.75, 3.05) is 11.9 Å². The molecule has 120 valence electrons. The van der Waals surface area contributed by atoms with Gasteiger partial charge in [0.2, 0.25) is 0 Å². The van der Waals surface area contributed by atoms with Crippen molar-refractivity contribution in [3.05, 3.63) is 24.8 Å². The van der Waals surface area contributed by atoms with Gasteiger partial charge < -0.3 is 11.1 Å². The number of fused-ring (bicyclic) bond motifs is 1. The van der Waals surface area contributed by atoms with Crippen molar-refractivity contribution < 1.29 is 0 Å². The van der Waals surface area contributed by atoms with E-state index in [0.717, 1.165) is 35.1 Å². The number of nitrogens with one attached hydrogen (secondary N) is 1. The molecule has 2 unspecified atom stereocenters. The maximum atomic E-state index is 6.70. The molecule has 6 rings (SSSR count). The van der Waals surface area contributed by atoms with Gasteiger partial charge in [-0.15, -0.1) is 0 Å². The van der Waals surface area contributed by atoms with E-state index in [4.69, 9.17) is 5.73 Å². The highest BCUT2D eigenvalue weighted by Gasteiger charge is 2.55. The van der Waals surface area contributed by atoms with Crippen LogP contribution in [0.3, 0.4) is 0 Å². The second kappa shape index (κ2) is 4.63. The van der Waals surface area contributed by atoms with Crippen molar-refractivity contribution in [2.24, 2.45) is 23.0 Å². The van der Waals surface area contributed by atoms with Crippen LogP contribution in [0.4, 0.5) is 5.82 Å². The maximum Gasteiger partial charge on any atom is 0.137 e. The van der Waals surface area contributed by atoms with Crippen LogP contribution in [0.25, 0.3) is 10.9 Å². The third-order valence-electron chi connectivity index (χ3n) is 6.30. The predicted octanol–water partition coefficient (Wildman–Crippen LogP) is 2.73. The molecule has 0 radical (unpaired) electrons. The summed E-state index contributed by atoms with van der Waals surface area (Å²) in [4.78, 5) is 12.9. The highest BCUT2D eigenvalue weighted by Crippen LogP contribution is 2.60. The van der Waals surface area contributed by atoms with Crippen molar-refractivity contribution in [2.45, 2.75) is 44.1 Å². The summed E-state index contributed by atoms with van der Waals surface area (Å²) in [6.45, 7) is 0.980. The van der Waals surface area contributed by atoms with Gasteiger partial charge in [-0.1, -0.05) is 0 Å². The molecule has 4 aliphatic carbocycles. The molecule has 4 bridgehead atoms. The summed E-state index contributed by atoms with van der Waals surface area (Å²) in [5.41, 5.74) is 8.06. The van der Waals surface area contributed by atoms with Crippen LogP contribution in [0, 0.1) is 17.3 Å². The van der Waals surface area contributed by atoms with Crippen molar-refractivity contribution in [3.63, 3.8) is 0 Å². The van der Waals surface area contributed by atoms with E-state index in [0.29, 0.717) is 5.41 Å². The smallest absolute Gasteiger partial charge is 0.137 e. The summed E-state index contributed by atoms with van der Waals surface area (Å²) in [6.07, 6.45) is 12.9. The van der Waals surface area contributed by atoms with Crippen LogP contribution < -0.4 is 11.1 Å². The van der Waals surface area contributed by atoms with Crippen molar-refractivity contribution in [1.82, 2.24) is 15.0 Å². The Morgan fingerprint density at radius 2 is 2.00 bits per heavy atom. The molecule has 0 amide bonds. The van der Waals surface area contributed by atoms with E-state index in [1.807, 2.05) is 6.07 Å². The summed E-state index contributed by atoms with van der Waals surface area (Å²) in [7, 11) is 0. The SMILES string of the molecule is NC12CC3CC(C1)CC(CNc1ncnc4cnccc14)(C3)C2. The van der Waals surface area contributed by atoms with Gasteiger partial charge in [0, 0.05) is 23.7 Å². The summed E-state index contributed by atoms with van der Waals surface area (Å²) in [6, 6.07) is 1.99. The lowest BCUT2D eigenvalue weighted by Crippen LogP contribution is -2.61. The van der Waals surface area contributed by atoms with E-state index < -0.39 is 0 Å². The molecular formula is C18H23N5. The van der Waals surface area contributed by atoms with E-state index in [-0.39, 0.29) is 5.54 Å². The zero-order valence-corrected chi connectivity index (χ0v) is 13.3. The Bertz CT molecular complexity index is 739. The topological polar surface area (TPSA) is 76.7 Å². The van der Waals surface area contributed by atoms with Crippen LogP contribution in [0.5, 0.6) is 0 Å². The first kappa shape index (κ1) is 13.7. The molecule has 2 atom stereocenters. The Hall–Kier alpha value is -1.75. The molecule has 5 heteroatoms. The molecule has 23 heavy (non-hydrogen) atoms. The Labute approximate surface area is 136 Å². The van der Waals surface area contributed by atoms with Crippen molar-refractivity contribution in [1.29, 1.82) is 0 Å². The first-order valence-electron chi connectivity index (χ1n) is 8.71. The van der Waals surface area contributed by atoms with Crippen LogP contribution in [-0.2, 0) is 0 Å². The number of hydrogen-bond acceptors (Lipinski definition) is 5. The van der Waals surface area contributed by atoms with E-state index in [9.17, 15) is 0 Å². The number of nitrogens with zero attached hydrogens (tertiary/aromatic N) is 3.